The lowest BCUT2D eigenvalue weighted by atomic mass is 10.1. The molecule has 5 aromatic rings. The van der Waals surface area contributed by atoms with Crippen LogP contribution in [-0.4, -0.2) is 9.38 Å². The standard InChI is InChI=1S/C25H17I3N2O2S/c1-13-7-20-21(8-14(13)2)30-24(31)22(33-25(30)29-20)11-16-9-18(27)23(19(28)10-16)32-12-15-3-5-17(26)6-4-15/h3-11H,12H2,1-2H3/b22-11-. The van der Waals surface area contributed by atoms with Crippen molar-refractivity contribution in [1.82, 2.24) is 9.38 Å². The molecule has 0 fully saturated rings. The van der Waals surface area contributed by atoms with Crippen LogP contribution in [0.25, 0.3) is 22.1 Å². The highest BCUT2D eigenvalue weighted by Crippen LogP contribution is 2.30. The molecule has 4 nitrogen and oxygen atoms in total. The minimum Gasteiger partial charge on any atom is -0.487 e. The molecule has 0 aliphatic heterocycles. The lowest BCUT2D eigenvalue weighted by Gasteiger charge is -2.11. The van der Waals surface area contributed by atoms with Crippen LogP contribution in [0.3, 0.4) is 0 Å². The number of fused-ring (bicyclic) bond motifs is 3. The third-order valence-corrected chi connectivity index (χ3v) is 8.76. The summed E-state index contributed by atoms with van der Waals surface area (Å²) < 4.78 is 11.8. The minimum atomic E-state index is -0.0233. The van der Waals surface area contributed by atoms with Crippen molar-refractivity contribution in [2.24, 2.45) is 0 Å². The lowest BCUT2D eigenvalue weighted by Crippen LogP contribution is -2.22. The second kappa shape index (κ2) is 9.42. The average Bonchev–Trinajstić information content (AvgIpc) is 3.25. The van der Waals surface area contributed by atoms with Gasteiger partial charge >= 0.3 is 0 Å². The van der Waals surface area contributed by atoms with E-state index in [4.69, 9.17) is 4.74 Å². The second-order valence-corrected chi connectivity index (χ2v) is 12.4. The third-order valence-electron chi connectivity index (χ3n) is 5.47. The Morgan fingerprint density at radius 2 is 1.67 bits per heavy atom. The Labute approximate surface area is 235 Å². The molecule has 0 saturated carbocycles. The summed E-state index contributed by atoms with van der Waals surface area (Å²) in [6.45, 7) is 4.64. The SMILES string of the molecule is Cc1cc2nc3s/c(=C\c4cc(I)c(OCc5ccc(I)cc5)c(I)c4)c(=O)n3c2cc1C. The summed E-state index contributed by atoms with van der Waals surface area (Å²) in [5.74, 6) is 0.868. The number of thiazole rings is 1. The van der Waals surface area contributed by atoms with Gasteiger partial charge in [-0.3, -0.25) is 4.79 Å². The van der Waals surface area contributed by atoms with Crippen molar-refractivity contribution in [3.05, 3.63) is 96.4 Å². The molecular weight excluding hydrogens is 773 g/mol. The van der Waals surface area contributed by atoms with E-state index >= 15 is 0 Å². The van der Waals surface area contributed by atoms with E-state index in [1.807, 2.05) is 18.2 Å². The first-order chi connectivity index (χ1) is 15.8. The molecule has 0 amide bonds. The van der Waals surface area contributed by atoms with Gasteiger partial charge in [0.05, 0.1) is 22.7 Å². The number of benzene rings is 3. The zero-order chi connectivity index (χ0) is 23.3. The fourth-order valence-corrected chi connectivity index (χ4v) is 7.08. The van der Waals surface area contributed by atoms with Gasteiger partial charge in [0.1, 0.15) is 12.4 Å². The normalized spacial score (nSPS) is 12.2. The van der Waals surface area contributed by atoms with Gasteiger partial charge in [0.15, 0.2) is 4.96 Å². The van der Waals surface area contributed by atoms with E-state index < -0.39 is 0 Å². The van der Waals surface area contributed by atoms with Crippen LogP contribution in [0.15, 0.2) is 53.3 Å². The number of nitrogens with zero attached hydrogens (tertiary/aromatic N) is 2. The van der Waals surface area contributed by atoms with Gasteiger partial charge in [-0.25, -0.2) is 9.38 Å². The maximum Gasteiger partial charge on any atom is 0.274 e. The minimum absolute atomic E-state index is 0.0233. The fraction of sp³-hybridized carbons (Fsp3) is 0.120. The molecule has 0 bridgehead atoms. The predicted molar refractivity (Wildman–Crippen MR) is 160 cm³/mol. The summed E-state index contributed by atoms with van der Waals surface area (Å²) in [6.07, 6.45) is 1.95. The van der Waals surface area contributed by atoms with Crippen LogP contribution >= 0.6 is 79.1 Å². The van der Waals surface area contributed by atoms with Crippen molar-refractivity contribution in [2.75, 3.05) is 0 Å². The second-order valence-electron chi connectivity index (χ2n) is 7.80. The molecule has 0 aliphatic rings. The van der Waals surface area contributed by atoms with Gasteiger partial charge in [-0.05, 0) is 146 Å². The molecule has 5 rings (SSSR count). The molecule has 0 spiro atoms. The number of hydrogen-bond donors (Lipinski definition) is 0. The number of ether oxygens (including phenoxy) is 1. The van der Waals surface area contributed by atoms with Crippen molar-refractivity contribution < 1.29 is 4.74 Å². The number of aromatic nitrogens is 2. The summed E-state index contributed by atoms with van der Waals surface area (Å²) in [4.78, 5) is 18.6. The molecule has 8 heteroatoms. The monoisotopic (exact) mass is 790 g/mol. The van der Waals surface area contributed by atoms with E-state index in [0.717, 1.165) is 45.6 Å². The van der Waals surface area contributed by atoms with E-state index in [0.29, 0.717) is 11.1 Å². The molecule has 0 N–H and O–H groups in total. The van der Waals surface area contributed by atoms with Gasteiger partial charge in [-0.15, -0.1) is 0 Å². The van der Waals surface area contributed by atoms with Gasteiger partial charge < -0.3 is 4.74 Å². The Kier molecular flexibility index (Phi) is 6.71. The number of rotatable bonds is 4. The van der Waals surface area contributed by atoms with Crippen LogP contribution in [-0.2, 0) is 6.61 Å². The maximum absolute atomic E-state index is 13.2. The fourth-order valence-electron chi connectivity index (χ4n) is 3.61. The molecule has 0 atom stereocenters. The highest BCUT2D eigenvalue weighted by molar-refractivity contribution is 14.1. The molecule has 0 saturated heterocycles. The molecule has 2 aromatic heterocycles. The highest BCUT2D eigenvalue weighted by atomic mass is 127. The Morgan fingerprint density at radius 3 is 2.36 bits per heavy atom. The number of hydrogen-bond acceptors (Lipinski definition) is 4. The smallest absolute Gasteiger partial charge is 0.274 e. The van der Waals surface area contributed by atoms with Crippen molar-refractivity contribution in [3.8, 4) is 5.75 Å². The summed E-state index contributed by atoms with van der Waals surface area (Å²) in [6, 6.07) is 16.5. The van der Waals surface area contributed by atoms with Crippen LogP contribution in [0.4, 0.5) is 0 Å². The van der Waals surface area contributed by atoms with Gasteiger partial charge in [0.2, 0.25) is 0 Å². The molecule has 0 unspecified atom stereocenters. The zero-order valence-electron chi connectivity index (χ0n) is 17.7. The first-order valence-corrected chi connectivity index (χ1v) is 14.2. The van der Waals surface area contributed by atoms with Crippen LogP contribution in [0.1, 0.15) is 22.3 Å². The molecule has 2 heterocycles. The molecule has 166 valence electrons. The summed E-state index contributed by atoms with van der Waals surface area (Å²) >= 11 is 8.32. The molecule has 0 aliphatic carbocycles. The van der Waals surface area contributed by atoms with Crippen molar-refractivity contribution >= 4 is 101 Å². The number of halogens is 3. The highest BCUT2D eigenvalue weighted by Gasteiger charge is 2.13. The summed E-state index contributed by atoms with van der Waals surface area (Å²) in [7, 11) is 0. The Hall–Kier alpha value is -1.25. The maximum atomic E-state index is 13.2. The number of aryl methyl sites for hydroxylation is 2. The van der Waals surface area contributed by atoms with E-state index in [9.17, 15) is 4.79 Å². The average molecular weight is 790 g/mol. The topological polar surface area (TPSA) is 43.6 Å². The van der Waals surface area contributed by atoms with E-state index in [1.54, 1.807) is 4.40 Å². The third kappa shape index (κ3) is 4.67. The van der Waals surface area contributed by atoms with E-state index in [-0.39, 0.29) is 5.56 Å². The van der Waals surface area contributed by atoms with Gasteiger partial charge in [0.25, 0.3) is 5.56 Å². The molecule has 0 radical (unpaired) electrons. The first-order valence-electron chi connectivity index (χ1n) is 10.1. The van der Waals surface area contributed by atoms with Crippen LogP contribution in [0, 0.1) is 24.6 Å². The molecular formula is C25H17I3N2O2S. The van der Waals surface area contributed by atoms with Crippen LogP contribution in [0.2, 0.25) is 0 Å². The molecule has 33 heavy (non-hydrogen) atoms. The van der Waals surface area contributed by atoms with Gasteiger partial charge in [0, 0.05) is 3.57 Å². The summed E-state index contributed by atoms with van der Waals surface area (Å²) in [5.41, 5.74) is 6.16. The van der Waals surface area contributed by atoms with Crippen molar-refractivity contribution in [2.45, 2.75) is 20.5 Å². The van der Waals surface area contributed by atoms with E-state index in [2.05, 4.69) is 123 Å². The predicted octanol–water partition coefficient (Wildman–Crippen LogP) is 6.47. The Bertz CT molecular complexity index is 1620. The quantitative estimate of drug-likeness (QED) is 0.197. The Balaban J connectivity index is 1.50. The van der Waals surface area contributed by atoms with E-state index in [1.165, 1.54) is 20.5 Å². The molecule has 3 aromatic carbocycles. The van der Waals surface area contributed by atoms with Crippen LogP contribution in [0.5, 0.6) is 5.75 Å². The Morgan fingerprint density at radius 1 is 1.00 bits per heavy atom. The lowest BCUT2D eigenvalue weighted by molar-refractivity contribution is 0.301. The largest absolute Gasteiger partial charge is 0.487 e. The summed E-state index contributed by atoms with van der Waals surface area (Å²) in [5, 5.41) is 0. The first kappa shape index (κ1) is 23.5. The van der Waals surface area contributed by atoms with Crippen molar-refractivity contribution in [3.63, 3.8) is 0 Å². The van der Waals surface area contributed by atoms with Gasteiger partial charge in [-0.1, -0.05) is 23.5 Å². The van der Waals surface area contributed by atoms with Gasteiger partial charge in [-0.2, -0.15) is 0 Å². The van der Waals surface area contributed by atoms with Crippen LogP contribution < -0.4 is 14.8 Å². The van der Waals surface area contributed by atoms with Crippen molar-refractivity contribution in [1.29, 1.82) is 0 Å². The number of imidazole rings is 1. The zero-order valence-corrected chi connectivity index (χ0v) is 24.9.